The highest BCUT2D eigenvalue weighted by atomic mass is 16.5. The largest absolute Gasteiger partial charge is 0.493 e. The van der Waals surface area contributed by atoms with Crippen LogP contribution in [0.3, 0.4) is 0 Å². The first kappa shape index (κ1) is 14.9. The lowest BCUT2D eigenvalue weighted by atomic mass is 9.50. The lowest BCUT2D eigenvalue weighted by Crippen LogP contribution is -2.65. The third-order valence-electron chi connectivity index (χ3n) is 8.12. The van der Waals surface area contributed by atoms with Crippen molar-refractivity contribution in [1.82, 2.24) is 4.90 Å². The summed E-state index contributed by atoms with van der Waals surface area (Å²) in [5.74, 6) is 4.46. The topological polar surface area (TPSA) is 21.7 Å². The average molecular weight is 339 g/mol. The van der Waals surface area contributed by atoms with Gasteiger partial charge in [0.15, 0.2) is 11.5 Å². The molecule has 5 atom stereocenters. The van der Waals surface area contributed by atoms with E-state index in [1.165, 1.54) is 51.6 Å². The van der Waals surface area contributed by atoms with Crippen molar-refractivity contribution in [2.24, 2.45) is 17.8 Å². The van der Waals surface area contributed by atoms with Crippen molar-refractivity contribution in [3.05, 3.63) is 23.3 Å². The first-order valence-corrected chi connectivity index (χ1v) is 10.3. The summed E-state index contributed by atoms with van der Waals surface area (Å²) in [6, 6.07) is 5.22. The average Bonchev–Trinajstić information content (AvgIpc) is 3.36. The van der Waals surface area contributed by atoms with Gasteiger partial charge in [-0.05, 0) is 74.5 Å². The van der Waals surface area contributed by atoms with Crippen molar-refractivity contribution >= 4 is 0 Å². The van der Waals surface area contributed by atoms with E-state index in [0.717, 1.165) is 29.4 Å². The molecule has 0 radical (unpaired) electrons. The molecule has 2 bridgehead atoms. The van der Waals surface area contributed by atoms with Crippen molar-refractivity contribution in [1.29, 1.82) is 0 Å². The monoisotopic (exact) mass is 339 g/mol. The Kier molecular flexibility index (Phi) is 2.94. The molecular formula is C22H29NO2. The summed E-state index contributed by atoms with van der Waals surface area (Å²) in [7, 11) is 1.78. The maximum atomic E-state index is 6.70. The Hall–Kier alpha value is -1.22. The molecule has 3 aliphatic carbocycles. The molecule has 1 unspecified atom stereocenters. The van der Waals surface area contributed by atoms with Crippen molar-refractivity contribution < 1.29 is 9.47 Å². The van der Waals surface area contributed by atoms with Crippen LogP contribution >= 0.6 is 0 Å². The van der Waals surface area contributed by atoms with E-state index in [0.29, 0.717) is 12.0 Å². The second kappa shape index (κ2) is 4.94. The van der Waals surface area contributed by atoms with Gasteiger partial charge in [-0.25, -0.2) is 0 Å². The minimum atomic E-state index is 0.264. The minimum Gasteiger partial charge on any atom is -0.493 e. The molecule has 0 amide bonds. The highest BCUT2D eigenvalue weighted by Crippen LogP contribution is 2.64. The van der Waals surface area contributed by atoms with Crippen LogP contribution in [0.4, 0.5) is 0 Å². The van der Waals surface area contributed by atoms with Gasteiger partial charge in [0.2, 0.25) is 0 Å². The molecule has 1 saturated heterocycles. The molecule has 2 aliphatic heterocycles. The first-order valence-electron chi connectivity index (χ1n) is 10.3. The third kappa shape index (κ3) is 1.81. The van der Waals surface area contributed by atoms with E-state index < -0.39 is 0 Å². The minimum absolute atomic E-state index is 0.264. The third-order valence-corrected chi connectivity index (χ3v) is 8.12. The second-order valence-electron chi connectivity index (χ2n) is 9.33. The molecule has 6 rings (SSSR count). The number of hydrogen-bond acceptors (Lipinski definition) is 3. The zero-order valence-electron chi connectivity index (χ0n) is 15.5. The van der Waals surface area contributed by atoms with Gasteiger partial charge in [0.25, 0.3) is 0 Å². The molecule has 0 aromatic heterocycles. The lowest BCUT2D eigenvalue weighted by molar-refractivity contribution is -0.0732. The number of piperidine rings is 1. The summed E-state index contributed by atoms with van der Waals surface area (Å²) in [6.45, 7) is 5.02. The molecule has 0 N–H and O–H groups in total. The van der Waals surface area contributed by atoms with E-state index in [1.54, 1.807) is 18.2 Å². The van der Waals surface area contributed by atoms with E-state index in [4.69, 9.17) is 9.47 Å². The molecule has 3 heteroatoms. The molecule has 2 heterocycles. The number of rotatable bonds is 3. The molecule has 1 spiro atoms. The zero-order chi connectivity index (χ0) is 16.8. The van der Waals surface area contributed by atoms with Gasteiger partial charge in [0.1, 0.15) is 6.10 Å². The van der Waals surface area contributed by atoms with Gasteiger partial charge < -0.3 is 9.47 Å². The van der Waals surface area contributed by atoms with Gasteiger partial charge >= 0.3 is 0 Å². The molecule has 134 valence electrons. The number of ether oxygens (including phenoxy) is 2. The SMILES string of the molecule is COc1ccc2c3c1O[C@H]1C(C)CC[C@H]4[C@@H](C2)N(CC2CC2)CC[C@]314. The van der Waals surface area contributed by atoms with Crippen molar-refractivity contribution in [2.75, 3.05) is 20.2 Å². The Bertz CT molecular complexity index is 727. The van der Waals surface area contributed by atoms with Crippen LogP contribution < -0.4 is 9.47 Å². The summed E-state index contributed by atoms with van der Waals surface area (Å²) in [6.07, 6.45) is 8.47. The van der Waals surface area contributed by atoms with Crippen molar-refractivity contribution in [3.8, 4) is 11.5 Å². The maximum absolute atomic E-state index is 6.70. The predicted molar refractivity (Wildman–Crippen MR) is 97.4 cm³/mol. The highest BCUT2D eigenvalue weighted by molar-refractivity contribution is 5.61. The number of nitrogens with zero attached hydrogens (tertiary/aromatic N) is 1. The highest BCUT2D eigenvalue weighted by Gasteiger charge is 2.65. The smallest absolute Gasteiger partial charge is 0.165 e. The summed E-state index contributed by atoms with van der Waals surface area (Å²) >= 11 is 0. The number of benzene rings is 1. The molecule has 25 heavy (non-hydrogen) atoms. The fourth-order valence-corrected chi connectivity index (χ4v) is 6.90. The summed E-state index contributed by atoms with van der Waals surface area (Å²) in [5.41, 5.74) is 3.37. The quantitative estimate of drug-likeness (QED) is 0.836. The van der Waals surface area contributed by atoms with Crippen LogP contribution in [-0.4, -0.2) is 37.2 Å². The summed E-state index contributed by atoms with van der Waals surface area (Å²) in [4.78, 5) is 2.87. The van der Waals surface area contributed by atoms with Crippen LogP contribution in [-0.2, 0) is 11.8 Å². The molecule has 3 fully saturated rings. The Labute approximate surface area is 150 Å². The maximum Gasteiger partial charge on any atom is 0.165 e. The van der Waals surface area contributed by atoms with E-state index in [9.17, 15) is 0 Å². The molecule has 1 aromatic rings. The van der Waals surface area contributed by atoms with Crippen molar-refractivity contribution in [3.63, 3.8) is 0 Å². The van der Waals surface area contributed by atoms with Gasteiger partial charge in [-0.1, -0.05) is 13.0 Å². The van der Waals surface area contributed by atoms with Crippen LogP contribution in [0.2, 0.25) is 0 Å². The Morgan fingerprint density at radius 3 is 2.92 bits per heavy atom. The first-order chi connectivity index (χ1) is 12.2. The van der Waals surface area contributed by atoms with E-state index >= 15 is 0 Å². The van der Waals surface area contributed by atoms with Gasteiger partial charge in [-0.2, -0.15) is 0 Å². The van der Waals surface area contributed by atoms with Gasteiger partial charge in [0.05, 0.1) is 7.11 Å². The Morgan fingerprint density at radius 1 is 1.24 bits per heavy atom. The fraction of sp³-hybridized carbons (Fsp3) is 0.727. The Balaban J connectivity index is 1.52. The van der Waals surface area contributed by atoms with Crippen LogP contribution in [0.15, 0.2) is 12.1 Å². The molecule has 1 aromatic carbocycles. The van der Waals surface area contributed by atoms with E-state index in [1.807, 2.05) is 0 Å². The summed E-state index contributed by atoms with van der Waals surface area (Å²) < 4.78 is 12.4. The number of hydrogen-bond donors (Lipinski definition) is 0. The molecule has 2 saturated carbocycles. The molecular weight excluding hydrogens is 310 g/mol. The second-order valence-corrected chi connectivity index (χ2v) is 9.33. The zero-order valence-corrected chi connectivity index (χ0v) is 15.5. The Morgan fingerprint density at radius 2 is 2.12 bits per heavy atom. The van der Waals surface area contributed by atoms with E-state index in [2.05, 4.69) is 24.0 Å². The standard InChI is InChI=1S/C22H29NO2/c1-13-3-7-16-17-11-15-6-8-18(24-2)20-19(15)22(16,21(13)25-20)9-10-23(17)12-14-4-5-14/h6,8,13-14,16-17,21H,3-5,7,9-12H2,1-2H3/t13?,16-,17+,21-,22-/m0/s1. The van der Waals surface area contributed by atoms with Crippen LogP contribution in [0.25, 0.3) is 0 Å². The van der Waals surface area contributed by atoms with Crippen LogP contribution in [0, 0.1) is 17.8 Å². The fourth-order valence-electron chi connectivity index (χ4n) is 6.90. The number of likely N-dealkylation sites (tertiary alicyclic amines) is 1. The number of methoxy groups -OCH3 is 1. The normalized spacial score (nSPS) is 41.2. The van der Waals surface area contributed by atoms with Gasteiger partial charge in [0, 0.05) is 23.6 Å². The van der Waals surface area contributed by atoms with Gasteiger partial charge in [-0.15, -0.1) is 0 Å². The molecule has 5 aliphatic rings. The van der Waals surface area contributed by atoms with Crippen LogP contribution in [0.1, 0.15) is 50.2 Å². The van der Waals surface area contributed by atoms with E-state index in [-0.39, 0.29) is 5.41 Å². The van der Waals surface area contributed by atoms with Crippen molar-refractivity contribution in [2.45, 2.75) is 63.0 Å². The van der Waals surface area contributed by atoms with Crippen LogP contribution in [0.5, 0.6) is 11.5 Å². The molecule has 3 nitrogen and oxygen atoms in total. The predicted octanol–water partition coefficient (Wildman–Crippen LogP) is 3.78. The lowest BCUT2D eigenvalue weighted by Gasteiger charge is -2.59. The summed E-state index contributed by atoms with van der Waals surface area (Å²) in [5, 5.41) is 0. The van der Waals surface area contributed by atoms with Gasteiger partial charge in [-0.3, -0.25) is 4.90 Å².